The van der Waals surface area contributed by atoms with E-state index in [0.29, 0.717) is 29.2 Å². The van der Waals surface area contributed by atoms with Gasteiger partial charge >= 0.3 is 5.97 Å². The first kappa shape index (κ1) is 32.1. The second kappa shape index (κ2) is 15.6. The number of amides is 1. The molecule has 42 heavy (non-hydrogen) atoms. The fourth-order valence-corrected chi connectivity index (χ4v) is 4.53. The first-order valence-corrected chi connectivity index (χ1v) is 13.1. The highest BCUT2D eigenvalue weighted by atomic mass is 35.5. The van der Waals surface area contributed by atoms with Crippen molar-refractivity contribution in [2.24, 2.45) is 0 Å². The molecule has 0 atom stereocenters. The van der Waals surface area contributed by atoms with Gasteiger partial charge in [-0.2, -0.15) is 0 Å². The van der Waals surface area contributed by atoms with Crippen LogP contribution in [-0.2, 0) is 35.5 Å². The molecule has 2 aromatic heterocycles. The molecule has 1 amide bonds. The molecule has 5 aromatic rings. The van der Waals surface area contributed by atoms with Crippen molar-refractivity contribution in [3.05, 3.63) is 120 Å². The third-order valence-corrected chi connectivity index (χ3v) is 6.53. The number of esters is 1. The Morgan fingerprint density at radius 1 is 0.952 bits per heavy atom. The zero-order valence-electron chi connectivity index (χ0n) is 23.1. The van der Waals surface area contributed by atoms with Gasteiger partial charge in [0.2, 0.25) is 5.91 Å². The van der Waals surface area contributed by atoms with Gasteiger partial charge in [0.25, 0.3) is 0 Å². The van der Waals surface area contributed by atoms with E-state index in [0.717, 1.165) is 41.5 Å². The molecule has 0 unspecified atom stereocenters. The standard InChI is InChI=1S/C32H30N4O4.2ClH/c1-39-32(38)29-14-11-23(6-5-16-36-17-15-33-22-36)18-25(29)19-31(37)35-26-8-4-9-28(20-26)40-21-27-13-12-24-7-2-3-10-30(24)34-27;;/h2-4,7-15,17-18,20,22H,5-6,16,19,21H2,1H3,(H,35,37);2*1H. The average molecular weight is 608 g/mol. The highest BCUT2D eigenvalue weighted by Gasteiger charge is 2.16. The minimum Gasteiger partial charge on any atom is -0.487 e. The summed E-state index contributed by atoms with van der Waals surface area (Å²) in [5.41, 5.74) is 4.39. The summed E-state index contributed by atoms with van der Waals surface area (Å²) in [6, 6.07) is 24.7. The van der Waals surface area contributed by atoms with Crippen LogP contribution in [0.15, 0.2) is 97.6 Å². The maximum Gasteiger partial charge on any atom is 0.338 e. The van der Waals surface area contributed by atoms with Crippen molar-refractivity contribution >= 4 is 53.3 Å². The summed E-state index contributed by atoms with van der Waals surface area (Å²) in [5.74, 6) is -0.0950. The lowest BCUT2D eigenvalue weighted by Gasteiger charge is -2.12. The third kappa shape index (κ3) is 8.55. The van der Waals surface area contributed by atoms with Crippen LogP contribution in [0.2, 0.25) is 0 Å². The van der Waals surface area contributed by atoms with Crippen LogP contribution in [0.5, 0.6) is 5.75 Å². The number of imidazole rings is 1. The molecule has 0 aliphatic carbocycles. The van der Waals surface area contributed by atoms with Gasteiger partial charge in [-0.05, 0) is 54.3 Å². The first-order chi connectivity index (χ1) is 19.6. The second-order valence-electron chi connectivity index (χ2n) is 9.42. The number of hydrogen-bond donors (Lipinski definition) is 1. The zero-order chi connectivity index (χ0) is 27.7. The van der Waals surface area contributed by atoms with E-state index in [1.54, 1.807) is 30.7 Å². The van der Waals surface area contributed by atoms with Gasteiger partial charge in [-0.15, -0.1) is 24.8 Å². The van der Waals surface area contributed by atoms with Gasteiger partial charge in [0.1, 0.15) is 12.4 Å². The zero-order valence-corrected chi connectivity index (χ0v) is 24.7. The van der Waals surface area contributed by atoms with E-state index in [4.69, 9.17) is 9.47 Å². The number of benzene rings is 3. The van der Waals surface area contributed by atoms with Crippen molar-refractivity contribution in [2.45, 2.75) is 32.4 Å². The fourth-order valence-electron chi connectivity index (χ4n) is 4.53. The SMILES string of the molecule is COC(=O)c1ccc(CCCn2ccnc2)cc1CC(=O)Nc1cccc(OCc2ccc3ccccc3n2)c1.Cl.Cl. The Hall–Kier alpha value is -4.40. The van der Waals surface area contributed by atoms with Gasteiger partial charge in [0.05, 0.1) is 36.6 Å². The summed E-state index contributed by atoms with van der Waals surface area (Å²) in [4.78, 5) is 34.1. The third-order valence-electron chi connectivity index (χ3n) is 6.53. The van der Waals surface area contributed by atoms with E-state index in [-0.39, 0.29) is 37.1 Å². The van der Waals surface area contributed by atoms with Crippen molar-refractivity contribution in [2.75, 3.05) is 12.4 Å². The molecule has 0 spiro atoms. The normalized spacial score (nSPS) is 10.3. The number of nitrogens with one attached hydrogen (secondary N) is 1. The largest absolute Gasteiger partial charge is 0.487 e. The molecule has 8 nitrogen and oxygen atoms in total. The minimum atomic E-state index is -0.467. The predicted octanol–water partition coefficient (Wildman–Crippen LogP) is 6.45. The fraction of sp³-hybridized carbons (Fsp3) is 0.188. The molecule has 0 fully saturated rings. The molecule has 0 aliphatic rings. The molecule has 0 aliphatic heterocycles. The van der Waals surface area contributed by atoms with Gasteiger partial charge in [0.15, 0.2) is 0 Å². The Morgan fingerprint density at radius 3 is 2.62 bits per heavy atom. The highest BCUT2D eigenvalue weighted by molar-refractivity contribution is 5.96. The number of halogens is 2. The summed E-state index contributed by atoms with van der Waals surface area (Å²) in [6.45, 7) is 1.14. The van der Waals surface area contributed by atoms with Crippen molar-refractivity contribution in [1.29, 1.82) is 0 Å². The van der Waals surface area contributed by atoms with Crippen LogP contribution in [-0.4, -0.2) is 33.5 Å². The lowest BCUT2D eigenvalue weighted by Crippen LogP contribution is -2.17. The molecule has 1 N–H and O–H groups in total. The van der Waals surface area contributed by atoms with Crippen molar-refractivity contribution in [1.82, 2.24) is 14.5 Å². The summed E-state index contributed by atoms with van der Waals surface area (Å²) in [5, 5.41) is 4.00. The Balaban J connectivity index is 0.00000242. The number of carbonyl (C=O) groups excluding carboxylic acids is 2. The number of rotatable bonds is 11. The number of carbonyl (C=O) groups is 2. The molecule has 218 valence electrons. The lowest BCUT2D eigenvalue weighted by molar-refractivity contribution is -0.115. The molecule has 0 bridgehead atoms. The number of para-hydroxylation sites is 1. The van der Waals surface area contributed by atoms with Crippen LogP contribution < -0.4 is 10.1 Å². The minimum absolute atomic E-state index is 0. The molecule has 0 saturated carbocycles. The lowest BCUT2D eigenvalue weighted by atomic mass is 9.98. The number of aryl methyl sites for hydroxylation is 2. The maximum absolute atomic E-state index is 13.0. The Labute approximate surface area is 256 Å². The van der Waals surface area contributed by atoms with E-state index in [1.165, 1.54) is 7.11 Å². The summed E-state index contributed by atoms with van der Waals surface area (Å²) in [7, 11) is 1.34. The Kier molecular flexibility index (Phi) is 11.9. The van der Waals surface area contributed by atoms with Crippen LogP contribution in [0.1, 0.15) is 33.6 Å². The van der Waals surface area contributed by atoms with Crippen LogP contribution >= 0.6 is 24.8 Å². The monoisotopic (exact) mass is 606 g/mol. The van der Waals surface area contributed by atoms with Crippen molar-refractivity contribution < 1.29 is 19.1 Å². The van der Waals surface area contributed by atoms with Gasteiger partial charge in [0, 0.05) is 36.1 Å². The average Bonchev–Trinajstić information content (AvgIpc) is 3.49. The number of pyridine rings is 1. The Bertz CT molecular complexity index is 1630. The smallest absolute Gasteiger partial charge is 0.338 e. The van der Waals surface area contributed by atoms with Crippen LogP contribution in [0.4, 0.5) is 5.69 Å². The predicted molar refractivity (Wildman–Crippen MR) is 168 cm³/mol. The molecule has 10 heteroatoms. The molecule has 2 heterocycles. The number of hydrogen-bond acceptors (Lipinski definition) is 6. The van der Waals surface area contributed by atoms with E-state index >= 15 is 0 Å². The molecule has 0 saturated heterocycles. The van der Waals surface area contributed by atoms with E-state index in [9.17, 15) is 9.59 Å². The van der Waals surface area contributed by atoms with Crippen molar-refractivity contribution in [3.63, 3.8) is 0 Å². The Morgan fingerprint density at radius 2 is 1.81 bits per heavy atom. The van der Waals surface area contributed by atoms with Crippen LogP contribution in [0, 0.1) is 0 Å². The number of anilines is 1. The molecular weight excluding hydrogens is 575 g/mol. The maximum atomic E-state index is 13.0. The molecule has 5 rings (SSSR count). The summed E-state index contributed by atoms with van der Waals surface area (Å²) < 4.78 is 12.9. The number of fused-ring (bicyclic) bond motifs is 1. The first-order valence-electron chi connectivity index (χ1n) is 13.1. The van der Waals surface area contributed by atoms with Gasteiger partial charge in [-0.25, -0.2) is 14.8 Å². The second-order valence-corrected chi connectivity index (χ2v) is 9.42. The van der Waals surface area contributed by atoms with Gasteiger partial charge < -0.3 is 19.4 Å². The van der Waals surface area contributed by atoms with E-state index in [1.807, 2.05) is 71.4 Å². The van der Waals surface area contributed by atoms with Crippen LogP contribution in [0.25, 0.3) is 10.9 Å². The topological polar surface area (TPSA) is 95.3 Å². The number of nitrogens with zero attached hydrogens (tertiary/aromatic N) is 3. The molecular formula is C32H32Cl2N4O4. The van der Waals surface area contributed by atoms with E-state index < -0.39 is 5.97 Å². The summed E-state index contributed by atoms with van der Waals surface area (Å²) in [6.07, 6.45) is 7.21. The number of aromatic nitrogens is 3. The van der Waals surface area contributed by atoms with Gasteiger partial charge in [-0.1, -0.05) is 42.5 Å². The molecule has 3 aromatic carbocycles. The highest BCUT2D eigenvalue weighted by Crippen LogP contribution is 2.21. The van der Waals surface area contributed by atoms with Crippen molar-refractivity contribution in [3.8, 4) is 5.75 Å². The number of ether oxygens (including phenoxy) is 2. The summed E-state index contributed by atoms with van der Waals surface area (Å²) >= 11 is 0. The van der Waals surface area contributed by atoms with Gasteiger partial charge in [-0.3, -0.25) is 4.79 Å². The van der Waals surface area contributed by atoms with E-state index in [2.05, 4.69) is 15.3 Å². The quantitative estimate of drug-likeness (QED) is 0.173. The molecule has 0 radical (unpaired) electrons. The number of methoxy groups -OCH3 is 1. The van der Waals surface area contributed by atoms with Crippen LogP contribution in [0.3, 0.4) is 0 Å².